The molecule has 7 aromatic rings. The van der Waals surface area contributed by atoms with Gasteiger partial charge in [0.1, 0.15) is 0 Å². The minimum atomic E-state index is -0.109. The molecule has 0 atom stereocenters. The summed E-state index contributed by atoms with van der Waals surface area (Å²) in [5.74, 6) is 0. The molecule has 0 saturated heterocycles. The molecule has 0 unspecified atom stereocenters. The van der Waals surface area contributed by atoms with Gasteiger partial charge in [-0.3, -0.25) is 0 Å². The first kappa shape index (κ1) is 29.9. The number of benzene rings is 5. The smallest absolute Gasteiger partial charge is 0.252 e. The average molecular weight is 661 g/mol. The van der Waals surface area contributed by atoms with Crippen LogP contribution in [0.15, 0.2) is 91.0 Å². The molecule has 0 saturated carbocycles. The lowest BCUT2D eigenvalue weighted by Crippen LogP contribution is -2.59. The highest BCUT2D eigenvalue weighted by Gasteiger charge is 2.49. The van der Waals surface area contributed by atoms with Crippen LogP contribution in [0.25, 0.3) is 55.7 Å². The van der Waals surface area contributed by atoms with Crippen molar-refractivity contribution in [3.63, 3.8) is 0 Å². The lowest BCUT2D eigenvalue weighted by atomic mass is 9.34. The topological polar surface area (TPSA) is 9.86 Å². The van der Waals surface area contributed by atoms with Crippen molar-refractivity contribution in [1.82, 2.24) is 9.13 Å². The summed E-state index contributed by atoms with van der Waals surface area (Å²) in [6.45, 7) is 24.2. The first-order chi connectivity index (χ1) is 24.1. The van der Waals surface area contributed by atoms with Crippen molar-refractivity contribution >= 4 is 44.9 Å². The molecule has 3 heteroatoms. The van der Waals surface area contributed by atoms with Crippen LogP contribution in [-0.2, 0) is 21.7 Å². The van der Waals surface area contributed by atoms with Crippen LogP contribution in [0.5, 0.6) is 0 Å². The molecular weight excluding hydrogens is 615 g/mol. The SMILES string of the molecule is CC(C)(C)c1cc2c3c(c1)c1c(n3-c3cccc4c3B2c2cc(C(C)(C)C)cc3c5c(n-4c23)-c2ccccc2C5(C)C)-c2ccccc2C1(C)C. The third-order valence-corrected chi connectivity index (χ3v) is 13.3. The summed E-state index contributed by atoms with van der Waals surface area (Å²) in [5.41, 5.74) is 23.8. The van der Waals surface area contributed by atoms with Gasteiger partial charge >= 0.3 is 0 Å². The zero-order chi connectivity index (χ0) is 35.3. The molecule has 250 valence electrons. The lowest BCUT2D eigenvalue weighted by Gasteiger charge is -2.36. The van der Waals surface area contributed by atoms with E-state index in [4.69, 9.17) is 0 Å². The maximum atomic E-state index is 2.69. The van der Waals surface area contributed by atoms with E-state index in [1.807, 2.05) is 0 Å². The van der Waals surface area contributed by atoms with E-state index >= 15 is 0 Å². The van der Waals surface area contributed by atoms with Crippen LogP contribution in [0.4, 0.5) is 0 Å². The first-order valence-electron chi connectivity index (χ1n) is 18.9. The zero-order valence-electron chi connectivity index (χ0n) is 31.6. The van der Waals surface area contributed by atoms with Gasteiger partial charge in [-0.1, -0.05) is 136 Å². The van der Waals surface area contributed by atoms with E-state index in [1.54, 1.807) is 0 Å². The Bertz CT molecular complexity index is 2580. The first-order valence-corrected chi connectivity index (χ1v) is 18.9. The maximum Gasteiger partial charge on any atom is 0.252 e. The summed E-state index contributed by atoms with van der Waals surface area (Å²) in [6, 6.07) is 35.8. The highest BCUT2D eigenvalue weighted by molar-refractivity contribution is 7.00. The van der Waals surface area contributed by atoms with Crippen LogP contribution in [-0.4, -0.2) is 15.8 Å². The minimum Gasteiger partial charge on any atom is -0.310 e. The second-order valence-electron chi connectivity index (χ2n) is 19.0. The van der Waals surface area contributed by atoms with E-state index in [1.165, 1.54) is 105 Å². The van der Waals surface area contributed by atoms with E-state index in [-0.39, 0.29) is 28.4 Å². The molecule has 11 rings (SSSR count). The van der Waals surface area contributed by atoms with Crippen molar-refractivity contribution in [2.45, 2.75) is 90.9 Å². The van der Waals surface area contributed by atoms with Crippen LogP contribution < -0.4 is 16.4 Å². The monoisotopic (exact) mass is 660 g/mol. The zero-order valence-corrected chi connectivity index (χ0v) is 31.6. The van der Waals surface area contributed by atoms with E-state index in [2.05, 4.69) is 169 Å². The summed E-state index contributed by atoms with van der Waals surface area (Å²) in [6.07, 6.45) is 0. The minimum absolute atomic E-state index is 0.00143. The van der Waals surface area contributed by atoms with Gasteiger partial charge in [0, 0.05) is 55.1 Å². The molecule has 4 heterocycles. The van der Waals surface area contributed by atoms with Gasteiger partial charge in [-0.2, -0.15) is 0 Å². The number of rotatable bonds is 0. The van der Waals surface area contributed by atoms with Crippen LogP contribution in [0, 0.1) is 0 Å². The van der Waals surface area contributed by atoms with Crippen LogP contribution >= 0.6 is 0 Å². The van der Waals surface area contributed by atoms with Gasteiger partial charge < -0.3 is 9.13 Å². The Labute approximate surface area is 302 Å². The molecule has 0 radical (unpaired) electrons. The van der Waals surface area contributed by atoms with Gasteiger partial charge in [0.25, 0.3) is 6.71 Å². The lowest BCUT2D eigenvalue weighted by molar-refractivity contribution is 0.591. The number of hydrogen-bond acceptors (Lipinski definition) is 0. The van der Waals surface area contributed by atoms with Crippen molar-refractivity contribution < 1.29 is 0 Å². The molecule has 0 amide bonds. The molecule has 0 fully saturated rings. The Balaban J connectivity index is 1.38. The molecule has 2 aliphatic carbocycles. The molecular formula is C48H45BN2. The van der Waals surface area contributed by atoms with E-state index < -0.39 is 0 Å². The van der Waals surface area contributed by atoms with Gasteiger partial charge in [-0.25, -0.2) is 0 Å². The molecule has 0 N–H and O–H groups in total. The second kappa shape index (κ2) is 8.81. The van der Waals surface area contributed by atoms with Crippen molar-refractivity contribution in [3.05, 3.63) is 124 Å². The quantitative estimate of drug-likeness (QED) is 0.143. The fraction of sp³-hybridized carbons (Fsp3) is 0.292. The fourth-order valence-corrected chi connectivity index (χ4v) is 10.9. The summed E-state index contributed by atoms with van der Waals surface area (Å²) >= 11 is 0. The molecule has 51 heavy (non-hydrogen) atoms. The highest BCUT2D eigenvalue weighted by atomic mass is 15.1. The standard InChI is InChI=1S/C48H45BN2/c1-45(2,3)26-22-30-38-43(28-16-11-13-18-32(28)47(38,7)8)50-36-20-15-21-37-40(36)49(34(24-26)41(30)50)35-25-27(46(4,5)6)23-31-39-44(51(37)42(31)35)29-17-12-14-19-33(29)48(39,9)10/h11-25H,1-10H3. The number of nitrogens with zero attached hydrogens (tertiary/aromatic N) is 2. The molecule has 2 aromatic heterocycles. The number of aromatic nitrogens is 2. The summed E-state index contributed by atoms with van der Waals surface area (Å²) in [5, 5.41) is 2.85. The third-order valence-electron chi connectivity index (χ3n) is 13.3. The normalized spacial score (nSPS) is 16.7. The summed E-state index contributed by atoms with van der Waals surface area (Å²) in [4.78, 5) is 0. The Morgan fingerprint density at radius 3 is 1.33 bits per heavy atom. The average Bonchev–Trinajstić information content (AvgIpc) is 3.75. The summed E-state index contributed by atoms with van der Waals surface area (Å²) < 4.78 is 5.37. The Morgan fingerprint density at radius 1 is 0.510 bits per heavy atom. The molecule has 0 spiro atoms. The Hall–Kier alpha value is -4.76. The number of fused-ring (bicyclic) bond motifs is 14. The second-order valence-corrected chi connectivity index (χ2v) is 19.0. The third kappa shape index (κ3) is 3.34. The van der Waals surface area contributed by atoms with Gasteiger partial charge in [0.2, 0.25) is 0 Å². The van der Waals surface area contributed by atoms with Gasteiger partial charge in [-0.15, -0.1) is 0 Å². The largest absolute Gasteiger partial charge is 0.310 e. The number of hydrogen-bond donors (Lipinski definition) is 0. The molecule has 5 aromatic carbocycles. The molecule has 4 aliphatic rings. The van der Waals surface area contributed by atoms with Gasteiger partial charge in [0.05, 0.1) is 11.4 Å². The predicted molar refractivity (Wildman–Crippen MR) is 217 cm³/mol. The van der Waals surface area contributed by atoms with E-state index in [0.29, 0.717) is 0 Å². The van der Waals surface area contributed by atoms with Gasteiger partial charge in [0.15, 0.2) is 0 Å². The highest BCUT2D eigenvalue weighted by Crippen LogP contribution is 2.57. The van der Waals surface area contributed by atoms with Crippen molar-refractivity contribution in [3.8, 4) is 33.9 Å². The maximum absolute atomic E-state index is 2.69. The van der Waals surface area contributed by atoms with Crippen LogP contribution in [0.2, 0.25) is 0 Å². The Morgan fingerprint density at radius 2 is 0.922 bits per heavy atom. The van der Waals surface area contributed by atoms with Crippen molar-refractivity contribution in [2.24, 2.45) is 0 Å². The summed E-state index contributed by atoms with van der Waals surface area (Å²) in [7, 11) is 0. The molecule has 2 aliphatic heterocycles. The fourth-order valence-electron chi connectivity index (χ4n) is 10.9. The van der Waals surface area contributed by atoms with Crippen LogP contribution in [0.1, 0.15) is 103 Å². The molecule has 2 nitrogen and oxygen atoms in total. The van der Waals surface area contributed by atoms with Crippen molar-refractivity contribution in [1.29, 1.82) is 0 Å². The molecule has 0 bridgehead atoms. The van der Waals surface area contributed by atoms with Crippen LogP contribution in [0.3, 0.4) is 0 Å². The predicted octanol–water partition coefficient (Wildman–Crippen LogP) is 9.92. The van der Waals surface area contributed by atoms with E-state index in [0.717, 1.165) is 0 Å². The Kier molecular flexibility index (Phi) is 5.17. The van der Waals surface area contributed by atoms with E-state index in [9.17, 15) is 0 Å². The van der Waals surface area contributed by atoms with Gasteiger partial charge in [-0.05, 0) is 84.9 Å². The van der Waals surface area contributed by atoms with Crippen molar-refractivity contribution in [2.75, 3.05) is 0 Å².